The first-order chi connectivity index (χ1) is 8.49. The Labute approximate surface area is 104 Å². The Balaban J connectivity index is 2.37. The van der Waals surface area contributed by atoms with E-state index in [1.165, 1.54) is 11.0 Å². The molecular weight excluding hydrogens is 234 g/mol. The highest BCUT2D eigenvalue weighted by molar-refractivity contribution is 5.99. The molecule has 18 heavy (non-hydrogen) atoms. The van der Waals surface area contributed by atoms with Crippen molar-refractivity contribution in [2.24, 2.45) is 0 Å². The monoisotopic (exact) mass is 247 g/mol. The number of benzene rings is 1. The number of carbonyl (C=O) groups excluding carboxylic acids is 1. The molecule has 1 N–H and O–H groups in total. The first kappa shape index (κ1) is 12.2. The second-order valence-electron chi connectivity index (χ2n) is 4.06. The van der Waals surface area contributed by atoms with Crippen molar-refractivity contribution in [3.05, 3.63) is 29.8 Å². The molecule has 2 rings (SSSR count). The molecule has 0 aromatic heterocycles. The molecule has 0 spiro atoms. The summed E-state index contributed by atoms with van der Waals surface area (Å²) < 4.78 is 5.46. The first-order valence-electron chi connectivity index (χ1n) is 5.48. The van der Waals surface area contributed by atoms with Gasteiger partial charge in [-0.15, -0.1) is 0 Å². The number of fused-ring (bicyclic) bond motifs is 1. The Hall–Kier alpha value is -2.30. The number of carboxylic acid groups (broad SMARTS) is 1. The van der Waals surface area contributed by atoms with Crippen molar-refractivity contribution in [1.82, 2.24) is 0 Å². The molecule has 0 saturated heterocycles. The van der Waals surface area contributed by atoms with Gasteiger partial charge < -0.3 is 14.7 Å². The third-order valence-electron chi connectivity index (χ3n) is 2.74. The molecule has 5 heteroatoms. The number of nitrogens with zero attached hydrogens (tertiary/aromatic N) is 1. The molecule has 0 fully saturated rings. The number of hydrogen-bond donors (Lipinski definition) is 1. The van der Waals surface area contributed by atoms with Gasteiger partial charge in [0, 0.05) is 13.1 Å². The van der Waals surface area contributed by atoms with E-state index >= 15 is 0 Å². The Kier molecular flexibility index (Phi) is 3.06. The Morgan fingerprint density at radius 3 is 2.89 bits per heavy atom. The van der Waals surface area contributed by atoms with E-state index in [0.29, 0.717) is 17.0 Å². The molecule has 94 valence electrons. The lowest BCUT2D eigenvalue weighted by atomic mass is 10.1. The number of rotatable bonds is 2. The molecular formula is C13H13NO4. The van der Waals surface area contributed by atoms with Crippen molar-refractivity contribution >= 4 is 23.6 Å². The number of likely N-dealkylation sites (N-methyl/N-ethyl adjacent to an activating group) is 1. The molecule has 1 aromatic rings. The predicted octanol–water partition coefficient (Wildman–Crippen LogP) is 1.53. The number of amides is 1. The van der Waals surface area contributed by atoms with Crippen LogP contribution in [0.1, 0.15) is 12.5 Å². The standard InChI is InChI=1S/C13H13NO4/c1-8-13(17)14(2)10-7-9(4-6-12(15)16)3-5-11(10)18-8/h3-8H,1-2H3,(H,15,16)/b6-4+. The van der Waals surface area contributed by atoms with Crippen molar-refractivity contribution in [2.45, 2.75) is 13.0 Å². The average molecular weight is 247 g/mol. The lowest BCUT2D eigenvalue weighted by Gasteiger charge is -2.30. The van der Waals surface area contributed by atoms with Gasteiger partial charge in [-0.2, -0.15) is 0 Å². The number of carbonyl (C=O) groups is 2. The Bertz CT molecular complexity index is 536. The van der Waals surface area contributed by atoms with Crippen LogP contribution < -0.4 is 9.64 Å². The van der Waals surface area contributed by atoms with Gasteiger partial charge in [0.15, 0.2) is 6.10 Å². The van der Waals surface area contributed by atoms with Crippen molar-refractivity contribution in [3.8, 4) is 5.75 Å². The van der Waals surface area contributed by atoms with Gasteiger partial charge in [-0.3, -0.25) is 4.79 Å². The molecule has 1 heterocycles. The van der Waals surface area contributed by atoms with Gasteiger partial charge in [0.25, 0.3) is 5.91 Å². The van der Waals surface area contributed by atoms with Crippen LogP contribution >= 0.6 is 0 Å². The van der Waals surface area contributed by atoms with Crippen LogP contribution in [0.3, 0.4) is 0 Å². The van der Waals surface area contributed by atoms with E-state index in [1.807, 2.05) is 0 Å². The summed E-state index contributed by atoms with van der Waals surface area (Å²) in [6, 6.07) is 5.20. The summed E-state index contributed by atoms with van der Waals surface area (Å²) >= 11 is 0. The predicted molar refractivity (Wildman–Crippen MR) is 66.6 cm³/mol. The molecule has 5 nitrogen and oxygen atoms in total. The van der Waals surface area contributed by atoms with Crippen LogP contribution in [0.4, 0.5) is 5.69 Å². The highest BCUT2D eigenvalue weighted by Gasteiger charge is 2.28. The summed E-state index contributed by atoms with van der Waals surface area (Å²) in [5, 5.41) is 8.57. The fraction of sp³-hybridized carbons (Fsp3) is 0.231. The van der Waals surface area contributed by atoms with Gasteiger partial charge in [-0.25, -0.2) is 4.79 Å². The smallest absolute Gasteiger partial charge is 0.328 e. The van der Waals surface area contributed by atoms with Crippen molar-refractivity contribution in [2.75, 3.05) is 11.9 Å². The highest BCUT2D eigenvalue weighted by atomic mass is 16.5. The molecule has 1 unspecified atom stereocenters. The van der Waals surface area contributed by atoms with Crippen molar-refractivity contribution < 1.29 is 19.4 Å². The summed E-state index contributed by atoms with van der Waals surface area (Å²) in [6.07, 6.45) is 2.03. The zero-order chi connectivity index (χ0) is 13.3. The van der Waals surface area contributed by atoms with Gasteiger partial charge in [0.05, 0.1) is 5.69 Å². The van der Waals surface area contributed by atoms with E-state index in [4.69, 9.17) is 9.84 Å². The third kappa shape index (κ3) is 2.20. The topological polar surface area (TPSA) is 66.8 Å². The van der Waals surface area contributed by atoms with Gasteiger partial charge >= 0.3 is 5.97 Å². The molecule has 0 bridgehead atoms. The molecule has 1 amide bonds. The van der Waals surface area contributed by atoms with Crippen LogP contribution in [0.25, 0.3) is 6.08 Å². The maximum Gasteiger partial charge on any atom is 0.328 e. The maximum absolute atomic E-state index is 11.8. The van der Waals surface area contributed by atoms with E-state index in [9.17, 15) is 9.59 Å². The second-order valence-corrected chi connectivity index (χ2v) is 4.06. The number of ether oxygens (including phenoxy) is 1. The normalized spacial score (nSPS) is 18.7. The summed E-state index contributed by atoms with van der Waals surface area (Å²) in [5.41, 5.74) is 1.35. The van der Waals surface area contributed by atoms with Gasteiger partial charge in [-0.05, 0) is 30.7 Å². The number of aliphatic carboxylic acids is 1. The summed E-state index contributed by atoms with van der Waals surface area (Å²) in [6.45, 7) is 1.69. The molecule has 0 aliphatic carbocycles. The van der Waals surface area contributed by atoms with Crippen LogP contribution in [0.5, 0.6) is 5.75 Å². The van der Waals surface area contributed by atoms with Crippen LogP contribution in [-0.4, -0.2) is 30.1 Å². The quantitative estimate of drug-likeness (QED) is 0.805. The fourth-order valence-electron chi connectivity index (χ4n) is 1.80. The van der Waals surface area contributed by atoms with Gasteiger partial charge in [0.1, 0.15) is 5.75 Å². The minimum absolute atomic E-state index is 0.123. The zero-order valence-corrected chi connectivity index (χ0v) is 10.1. The van der Waals surface area contributed by atoms with Crippen LogP contribution in [0.2, 0.25) is 0 Å². The lowest BCUT2D eigenvalue weighted by Crippen LogP contribution is -2.41. The van der Waals surface area contributed by atoms with E-state index in [2.05, 4.69) is 0 Å². The van der Waals surface area contributed by atoms with Gasteiger partial charge in [0.2, 0.25) is 0 Å². The minimum atomic E-state index is -1.01. The summed E-state index contributed by atoms with van der Waals surface area (Å²) in [4.78, 5) is 23.7. The van der Waals surface area contributed by atoms with E-state index in [-0.39, 0.29) is 5.91 Å². The SMILES string of the molecule is CC1Oc2ccc(/C=C/C(=O)O)cc2N(C)C1=O. The van der Waals surface area contributed by atoms with Crippen LogP contribution in [-0.2, 0) is 9.59 Å². The lowest BCUT2D eigenvalue weighted by molar-refractivity contribution is -0.131. The molecule has 1 aliphatic heterocycles. The first-order valence-corrected chi connectivity index (χ1v) is 5.48. The van der Waals surface area contributed by atoms with Gasteiger partial charge in [-0.1, -0.05) is 6.07 Å². The zero-order valence-electron chi connectivity index (χ0n) is 10.1. The molecule has 1 aliphatic rings. The van der Waals surface area contributed by atoms with E-state index in [1.54, 1.807) is 32.2 Å². The molecule has 0 saturated carbocycles. The summed E-state index contributed by atoms with van der Waals surface area (Å²) in [5.74, 6) is -0.513. The number of hydrogen-bond acceptors (Lipinski definition) is 3. The van der Waals surface area contributed by atoms with Crippen molar-refractivity contribution in [1.29, 1.82) is 0 Å². The average Bonchev–Trinajstić information content (AvgIpc) is 2.34. The Morgan fingerprint density at radius 2 is 2.22 bits per heavy atom. The van der Waals surface area contributed by atoms with Crippen LogP contribution in [0, 0.1) is 0 Å². The second kappa shape index (κ2) is 4.52. The largest absolute Gasteiger partial charge is 0.479 e. The van der Waals surface area contributed by atoms with Crippen molar-refractivity contribution in [3.63, 3.8) is 0 Å². The molecule has 1 atom stereocenters. The van der Waals surface area contributed by atoms with Crippen LogP contribution in [0.15, 0.2) is 24.3 Å². The number of anilines is 1. The maximum atomic E-state index is 11.8. The molecule has 0 radical (unpaired) electrons. The summed E-state index contributed by atoms with van der Waals surface area (Å²) in [7, 11) is 1.67. The molecule has 1 aromatic carbocycles. The third-order valence-corrected chi connectivity index (χ3v) is 2.74. The number of carboxylic acids is 1. The van der Waals surface area contributed by atoms with E-state index < -0.39 is 12.1 Å². The minimum Gasteiger partial charge on any atom is -0.479 e. The highest BCUT2D eigenvalue weighted by Crippen LogP contribution is 2.34. The fourth-order valence-corrected chi connectivity index (χ4v) is 1.80. The Morgan fingerprint density at radius 1 is 1.50 bits per heavy atom. The van der Waals surface area contributed by atoms with E-state index in [0.717, 1.165) is 6.08 Å².